The van der Waals surface area contributed by atoms with Crippen molar-refractivity contribution in [1.29, 1.82) is 0 Å². The zero-order valence-electron chi connectivity index (χ0n) is 12.4. The molecule has 1 aromatic rings. The molecule has 1 heterocycles. The van der Waals surface area contributed by atoms with Crippen LogP contribution in [0.5, 0.6) is 5.75 Å². The topological polar surface area (TPSA) is 27.7 Å². The van der Waals surface area contributed by atoms with E-state index in [1.54, 1.807) is 12.1 Å². The van der Waals surface area contributed by atoms with Gasteiger partial charge in [0.25, 0.3) is 6.43 Å². The summed E-state index contributed by atoms with van der Waals surface area (Å²) in [6.45, 7) is 7.55. The average Bonchev–Trinajstić information content (AvgIpc) is 2.57. The van der Waals surface area contributed by atoms with Crippen molar-refractivity contribution in [2.24, 2.45) is 0 Å². The van der Waals surface area contributed by atoms with E-state index in [2.05, 4.69) is 0 Å². The van der Waals surface area contributed by atoms with Crippen LogP contribution in [0.25, 0.3) is 0 Å². The second-order valence-corrected chi connectivity index (χ2v) is 5.88. The first-order chi connectivity index (χ1) is 9.18. The van der Waals surface area contributed by atoms with E-state index in [9.17, 15) is 8.78 Å². The highest BCUT2D eigenvalue weighted by atomic mass is 19.3. The Hall–Kier alpha value is -1.14. The van der Waals surface area contributed by atoms with Crippen LogP contribution < -0.4 is 10.2 Å². The molecule has 0 unspecified atom stereocenters. The summed E-state index contributed by atoms with van der Waals surface area (Å²) in [4.78, 5) is 0. The van der Waals surface area contributed by atoms with E-state index in [-0.39, 0.29) is 5.56 Å². The minimum absolute atomic E-state index is 0.122. The van der Waals surface area contributed by atoms with E-state index in [4.69, 9.17) is 14.0 Å². The molecule has 110 valence electrons. The molecule has 0 amide bonds. The van der Waals surface area contributed by atoms with E-state index < -0.39 is 24.7 Å². The van der Waals surface area contributed by atoms with Crippen LogP contribution in [0, 0.1) is 0 Å². The van der Waals surface area contributed by atoms with Crippen LogP contribution in [0.15, 0.2) is 18.2 Å². The van der Waals surface area contributed by atoms with Gasteiger partial charge in [0.1, 0.15) is 5.75 Å². The molecule has 0 saturated carbocycles. The van der Waals surface area contributed by atoms with Crippen LogP contribution in [-0.2, 0) is 9.31 Å². The van der Waals surface area contributed by atoms with E-state index in [1.807, 2.05) is 27.7 Å². The van der Waals surface area contributed by atoms with Crippen molar-refractivity contribution in [2.75, 3.05) is 7.11 Å². The molecule has 1 fully saturated rings. The van der Waals surface area contributed by atoms with Gasteiger partial charge in [0.15, 0.2) is 0 Å². The molecule has 0 aromatic heterocycles. The van der Waals surface area contributed by atoms with Crippen LogP contribution in [0.4, 0.5) is 8.78 Å². The highest BCUT2D eigenvalue weighted by molar-refractivity contribution is 6.62. The van der Waals surface area contributed by atoms with E-state index in [0.717, 1.165) is 0 Å². The Morgan fingerprint density at radius 2 is 1.65 bits per heavy atom. The molecule has 1 aliphatic rings. The third kappa shape index (κ3) is 2.54. The third-order valence-corrected chi connectivity index (χ3v) is 4.04. The maximum atomic E-state index is 13.2. The number of benzene rings is 1. The van der Waals surface area contributed by atoms with E-state index in [0.29, 0.717) is 11.2 Å². The minimum Gasteiger partial charge on any atom is -0.497 e. The first-order valence-electron chi connectivity index (χ1n) is 6.49. The summed E-state index contributed by atoms with van der Waals surface area (Å²) < 4.78 is 43.1. The van der Waals surface area contributed by atoms with E-state index >= 15 is 0 Å². The molecular formula is C14H19BF2O3. The van der Waals surface area contributed by atoms with Gasteiger partial charge in [-0.3, -0.25) is 0 Å². The van der Waals surface area contributed by atoms with Crippen molar-refractivity contribution in [1.82, 2.24) is 0 Å². The lowest BCUT2D eigenvalue weighted by Crippen LogP contribution is -2.41. The Bertz CT molecular complexity index is 487. The molecule has 1 aliphatic heterocycles. The molecular weight excluding hydrogens is 265 g/mol. The van der Waals surface area contributed by atoms with Crippen molar-refractivity contribution >= 4 is 12.6 Å². The molecule has 0 aliphatic carbocycles. The van der Waals surface area contributed by atoms with Gasteiger partial charge in [-0.05, 0) is 45.3 Å². The number of alkyl halides is 2. The zero-order chi connectivity index (χ0) is 15.1. The quantitative estimate of drug-likeness (QED) is 0.799. The first-order valence-corrected chi connectivity index (χ1v) is 6.49. The molecule has 2 rings (SSSR count). The number of methoxy groups -OCH3 is 1. The largest absolute Gasteiger partial charge is 0.497 e. The van der Waals surface area contributed by atoms with Gasteiger partial charge in [0, 0.05) is 5.56 Å². The fourth-order valence-electron chi connectivity index (χ4n) is 2.05. The molecule has 0 atom stereocenters. The van der Waals surface area contributed by atoms with Crippen LogP contribution >= 0.6 is 0 Å². The molecule has 0 bridgehead atoms. The fourth-order valence-corrected chi connectivity index (χ4v) is 2.05. The lowest BCUT2D eigenvalue weighted by atomic mass is 9.76. The summed E-state index contributed by atoms with van der Waals surface area (Å²) in [5.74, 6) is 0.389. The summed E-state index contributed by atoms with van der Waals surface area (Å²) in [5.41, 5.74) is -0.893. The lowest BCUT2D eigenvalue weighted by Gasteiger charge is -2.32. The van der Waals surface area contributed by atoms with Crippen molar-refractivity contribution in [3.8, 4) is 5.75 Å². The zero-order valence-corrected chi connectivity index (χ0v) is 12.4. The number of hydrogen-bond donors (Lipinski definition) is 0. The van der Waals surface area contributed by atoms with Crippen LogP contribution in [0.3, 0.4) is 0 Å². The molecule has 1 saturated heterocycles. The Morgan fingerprint density at radius 1 is 1.10 bits per heavy atom. The lowest BCUT2D eigenvalue weighted by molar-refractivity contribution is 0.00578. The molecule has 1 aromatic carbocycles. The van der Waals surface area contributed by atoms with Gasteiger partial charge in [-0.15, -0.1) is 0 Å². The highest BCUT2D eigenvalue weighted by Gasteiger charge is 2.52. The van der Waals surface area contributed by atoms with E-state index in [1.165, 1.54) is 13.2 Å². The second-order valence-electron chi connectivity index (χ2n) is 5.88. The summed E-state index contributed by atoms with van der Waals surface area (Å²) >= 11 is 0. The monoisotopic (exact) mass is 284 g/mol. The maximum absolute atomic E-state index is 13.2. The van der Waals surface area contributed by atoms with Gasteiger partial charge in [-0.2, -0.15) is 0 Å². The molecule has 6 heteroatoms. The number of hydrogen-bond acceptors (Lipinski definition) is 3. The Balaban J connectivity index is 2.39. The summed E-state index contributed by atoms with van der Waals surface area (Å²) in [7, 11) is 0.647. The maximum Gasteiger partial charge on any atom is 0.495 e. The predicted octanol–water partition coefficient (Wildman–Crippen LogP) is 2.93. The van der Waals surface area contributed by atoms with Gasteiger partial charge in [0.05, 0.1) is 18.3 Å². The molecule has 0 spiro atoms. The SMILES string of the molecule is COc1ccc(B2OC(C)(C)C(C)(C)O2)c(C(F)F)c1. The van der Waals surface area contributed by atoms with Crippen molar-refractivity contribution in [2.45, 2.75) is 45.3 Å². The van der Waals surface area contributed by atoms with Crippen LogP contribution in [0.2, 0.25) is 0 Å². The standard InChI is InChI=1S/C14H19BF2O3/c1-13(2)14(3,4)20-15(19-13)11-7-6-9(18-5)8-10(11)12(16)17/h6-8,12H,1-5H3. The van der Waals surface area contributed by atoms with Crippen molar-refractivity contribution in [3.05, 3.63) is 23.8 Å². The predicted molar refractivity (Wildman–Crippen MR) is 73.7 cm³/mol. The molecule has 0 N–H and O–H groups in total. The van der Waals surface area contributed by atoms with Gasteiger partial charge < -0.3 is 14.0 Å². The van der Waals surface area contributed by atoms with Crippen molar-refractivity contribution in [3.63, 3.8) is 0 Å². The highest BCUT2D eigenvalue weighted by Crippen LogP contribution is 2.37. The molecule has 20 heavy (non-hydrogen) atoms. The Morgan fingerprint density at radius 3 is 2.10 bits per heavy atom. The third-order valence-electron chi connectivity index (χ3n) is 4.04. The second kappa shape index (κ2) is 5.00. The molecule has 0 radical (unpaired) electrons. The van der Waals surface area contributed by atoms with Gasteiger partial charge in [-0.1, -0.05) is 6.07 Å². The average molecular weight is 284 g/mol. The number of halogens is 2. The smallest absolute Gasteiger partial charge is 0.495 e. The van der Waals surface area contributed by atoms with Crippen LogP contribution in [-0.4, -0.2) is 25.4 Å². The Labute approximate surface area is 118 Å². The van der Waals surface area contributed by atoms with Gasteiger partial charge >= 0.3 is 7.12 Å². The summed E-state index contributed by atoms with van der Waals surface area (Å²) in [5, 5.41) is 0. The first kappa shape index (κ1) is 15.3. The molecule has 3 nitrogen and oxygen atoms in total. The summed E-state index contributed by atoms with van der Waals surface area (Å²) in [6.07, 6.45) is -2.61. The number of rotatable bonds is 3. The van der Waals surface area contributed by atoms with Gasteiger partial charge in [-0.25, -0.2) is 8.78 Å². The number of ether oxygens (including phenoxy) is 1. The van der Waals surface area contributed by atoms with Gasteiger partial charge in [0.2, 0.25) is 0 Å². The summed E-state index contributed by atoms with van der Waals surface area (Å²) in [6, 6.07) is 4.53. The Kier molecular flexibility index (Phi) is 3.82. The van der Waals surface area contributed by atoms with Crippen LogP contribution in [0.1, 0.15) is 39.7 Å². The minimum atomic E-state index is -2.61. The van der Waals surface area contributed by atoms with Crippen molar-refractivity contribution < 1.29 is 22.8 Å². The fraction of sp³-hybridized carbons (Fsp3) is 0.571. The normalized spacial score (nSPS) is 20.5.